The van der Waals surface area contributed by atoms with Gasteiger partial charge in [-0.15, -0.1) is 0 Å². The minimum Gasteiger partial charge on any atom is -0.321 e. The molecule has 3 aromatic rings. The Bertz CT molecular complexity index is 959. The Labute approximate surface area is 136 Å². The molecule has 0 radical (unpaired) electrons. The molecule has 0 spiro atoms. The Morgan fingerprint density at radius 1 is 1.18 bits per heavy atom. The van der Waals surface area contributed by atoms with Crippen LogP contribution in [0.2, 0.25) is 10.2 Å². The van der Waals surface area contributed by atoms with Crippen LogP contribution in [0.25, 0.3) is 17.3 Å². The maximum atomic E-state index is 12.2. The first-order valence-electron chi connectivity index (χ1n) is 6.59. The smallest absolute Gasteiger partial charge is 0.256 e. The molecule has 0 fully saturated rings. The number of halogens is 2. The second-order valence-corrected chi connectivity index (χ2v) is 5.71. The third-order valence-electron chi connectivity index (χ3n) is 3.57. The predicted molar refractivity (Wildman–Crippen MR) is 88.2 cm³/mol. The lowest BCUT2D eigenvalue weighted by Crippen LogP contribution is -2.03. The molecule has 6 heteroatoms. The number of carbonyl (C=O) groups is 1. The summed E-state index contributed by atoms with van der Waals surface area (Å²) in [6.07, 6.45) is 3.60. The zero-order valence-electron chi connectivity index (χ0n) is 11.2. The number of fused-ring (bicyclic) bond motifs is 2. The van der Waals surface area contributed by atoms with E-state index < -0.39 is 0 Å². The summed E-state index contributed by atoms with van der Waals surface area (Å²) in [6, 6.07) is 10.9. The number of aromatic nitrogens is 2. The number of nitrogens with zero attached hydrogens (tertiary/aromatic N) is 2. The zero-order valence-corrected chi connectivity index (χ0v) is 12.7. The van der Waals surface area contributed by atoms with Gasteiger partial charge in [-0.1, -0.05) is 35.3 Å². The first kappa shape index (κ1) is 13.4. The van der Waals surface area contributed by atoms with Crippen LogP contribution in [-0.4, -0.2) is 15.3 Å². The van der Waals surface area contributed by atoms with Crippen molar-refractivity contribution in [1.29, 1.82) is 0 Å². The largest absolute Gasteiger partial charge is 0.321 e. The highest BCUT2D eigenvalue weighted by molar-refractivity contribution is 6.37. The van der Waals surface area contributed by atoms with Crippen LogP contribution in [0.5, 0.6) is 0 Å². The quantitative estimate of drug-likeness (QED) is 0.682. The van der Waals surface area contributed by atoms with Gasteiger partial charge in [0.25, 0.3) is 5.91 Å². The van der Waals surface area contributed by atoms with E-state index in [2.05, 4.69) is 10.3 Å². The Morgan fingerprint density at radius 3 is 2.91 bits per heavy atom. The van der Waals surface area contributed by atoms with Crippen molar-refractivity contribution in [3.05, 3.63) is 64.0 Å². The summed E-state index contributed by atoms with van der Waals surface area (Å²) < 4.78 is 1.84. The second kappa shape index (κ2) is 4.87. The van der Waals surface area contributed by atoms with E-state index in [0.29, 0.717) is 27.1 Å². The highest BCUT2D eigenvalue weighted by atomic mass is 35.5. The topological polar surface area (TPSA) is 46.4 Å². The fourth-order valence-corrected chi connectivity index (χ4v) is 2.97. The number of nitrogens with one attached hydrogen (secondary N) is 1. The molecule has 108 valence electrons. The molecule has 4 nitrogen and oxygen atoms in total. The number of hydrogen-bond donors (Lipinski definition) is 1. The number of hydrogen-bond acceptors (Lipinski definition) is 2. The van der Waals surface area contributed by atoms with E-state index in [9.17, 15) is 4.79 Å². The van der Waals surface area contributed by atoms with Crippen molar-refractivity contribution >= 4 is 52.1 Å². The molecule has 0 aliphatic carbocycles. The summed E-state index contributed by atoms with van der Waals surface area (Å²) in [6.45, 7) is 0. The molecule has 1 aliphatic heterocycles. The molecule has 1 aromatic carbocycles. The summed E-state index contributed by atoms with van der Waals surface area (Å²) >= 11 is 12.2. The number of pyridine rings is 1. The summed E-state index contributed by atoms with van der Waals surface area (Å²) in [5, 5.41) is 3.74. The van der Waals surface area contributed by atoms with Crippen molar-refractivity contribution in [2.24, 2.45) is 0 Å². The molecule has 0 saturated carbocycles. The molecule has 0 atom stereocenters. The minimum absolute atomic E-state index is 0.181. The van der Waals surface area contributed by atoms with Gasteiger partial charge in [-0.2, -0.15) is 0 Å². The summed E-state index contributed by atoms with van der Waals surface area (Å²) in [4.78, 5) is 16.5. The van der Waals surface area contributed by atoms with E-state index in [1.807, 2.05) is 34.9 Å². The van der Waals surface area contributed by atoms with Gasteiger partial charge in [0.1, 0.15) is 5.65 Å². The van der Waals surface area contributed by atoms with E-state index >= 15 is 0 Å². The molecule has 0 bridgehead atoms. The van der Waals surface area contributed by atoms with Crippen molar-refractivity contribution in [2.45, 2.75) is 0 Å². The number of benzene rings is 1. The number of imidazole rings is 1. The maximum Gasteiger partial charge on any atom is 0.256 e. The van der Waals surface area contributed by atoms with E-state index in [-0.39, 0.29) is 5.91 Å². The SMILES string of the molecule is O=C1Nc2cc(Cl)ccc2/C1=C\c1c(Cl)nc2ccccn12. The van der Waals surface area contributed by atoms with Gasteiger partial charge < -0.3 is 5.32 Å². The molecule has 2 aromatic heterocycles. The van der Waals surface area contributed by atoms with E-state index in [1.165, 1.54) is 0 Å². The predicted octanol–water partition coefficient (Wildman–Crippen LogP) is 4.13. The fourth-order valence-electron chi connectivity index (χ4n) is 2.56. The molecule has 4 rings (SSSR count). The van der Waals surface area contributed by atoms with Crippen molar-refractivity contribution in [3.8, 4) is 0 Å². The molecule has 0 unspecified atom stereocenters. The van der Waals surface area contributed by atoms with Crippen LogP contribution in [-0.2, 0) is 4.79 Å². The average Bonchev–Trinajstić information content (AvgIpc) is 2.97. The molecule has 1 N–H and O–H groups in total. The second-order valence-electron chi connectivity index (χ2n) is 4.92. The van der Waals surface area contributed by atoms with Crippen LogP contribution in [0.3, 0.4) is 0 Å². The number of amides is 1. The van der Waals surface area contributed by atoms with Crippen LogP contribution >= 0.6 is 23.2 Å². The van der Waals surface area contributed by atoms with Crippen molar-refractivity contribution in [1.82, 2.24) is 9.38 Å². The Balaban J connectivity index is 1.93. The molecule has 22 heavy (non-hydrogen) atoms. The van der Waals surface area contributed by atoms with Crippen LogP contribution < -0.4 is 5.32 Å². The highest BCUT2D eigenvalue weighted by Gasteiger charge is 2.25. The van der Waals surface area contributed by atoms with Gasteiger partial charge in [-0.3, -0.25) is 9.20 Å². The number of rotatable bonds is 1. The van der Waals surface area contributed by atoms with Gasteiger partial charge in [-0.25, -0.2) is 4.98 Å². The van der Waals surface area contributed by atoms with Crippen LogP contribution in [0.1, 0.15) is 11.3 Å². The van der Waals surface area contributed by atoms with E-state index in [1.54, 1.807) is 18.2 Å². The summed E-state index contributed by atoms with van der Waals surface area (Å²) in [5.74, 6) is -0.181. The van der Waals surface area contributed by atoms with Crippen LogP contribution in [0.4, 0.5) is 5.69 Å². The molecule has 1 amide bonds. The van der Waals surface area contributed by atoms with Crippen LogP contribution in [0.15, 0.2) is 42.6 Å². The first-order valence-corrected chi connectivity index (χ1v) is 7.34. The van der Waals surface area contributed by atoms with Gasteiger partial charge in [0.2, 0.25) is 0 Å². The van der Waals surface area contributed by atoms with Crippen molar-refractivity contribution in [2.75, 3.05) is 5.32 Å². The average molecular weight is 330 g/mol. The molecular formula is C16H9Cl2N3O. The Hall–Kier alpha value is -2.30. The maximum absolute atomic E-state index is 12.2. The third-order valence-corrected chi connectivity index (χ3v) is 4.08. The zero-order chi connectivity index (χ0) is 15.3. The van der Waals surface area contributed by atoms with Gasteiger partial charge in [0, 0.05) is 16.8 Å². The van der Waals surface area contributed by atoms with Crippen LogP contribution in [0, 0.1) is 0 Å². The van der Waals surface area contributed by atoms with Gasteiger partial charge in [-0.05, 0) is 30.3 Å². The lowest BCUT2D eigenvalue weighted by atomic mass is 10.1. The molecule has 3 heterocycles. The van der Waals surface area contributed by atoms with Gasteiger partial charge in [0.05, 0.1) is 17.0 Å². The Morgan fingerprint density at radius 2 is 2.05 bits per heavy atom. The van der Waals surface area contributed by atoms with Crippen molar-refractivity contribution < 1.29 is 4.79 Å². The molecule has 0 saturated heterocycles. The third kappa shape index (κ3) is 2.00. The van der Waals surface area contributed by atoms with E-state index in [4.69, 9.17) is 23.2 Å². The first-order chi connectivity index (χ1) is 10.6. The van der Waals surface area contributed by atoms with Crippen molar-refractivity contribution in [3.63, 3.8) is 0 Å². The fraction of sp³-hybridized carbons (Fsp3) is 0. The normalized spacial score (nSPS) is 15.4. The Kier molecular flexibility index (Phi) is 2.96. The number of anilines is 1. The van der Waals surface area contributed by atoms with Gasteiger partial charge >= 0.3 is 0 Å². The summed E-state index contributed by atoms with van der Waals surface area (Å²) in [7, 11) is 0. The van der Waals surface area contributed by atoms with Gasteiger partial charge in [0.15, 0.2) is 5.15 Å². The lowest BCUT2D eigenvalue weighted by molar-refractivity contribution is -0.110. The monoisotopic (exact) mass is 329 g/mol. The number of carbonyl (C=O) groups excluding carboxylic acids is 1. The summed E-state index contributed by atoms with van der Waals surface area (Å²) in [5.41, 5.74) is 3.45. The minimum atomic E-state index is -0.181. The molecular weight excluding hydrogens is 321 g/mol. The van der Waals surface area contributed by atoms with E-state index in [0.717, 1.165) is 11.2 Å². The highest BCUT2D eigenvalue weighted by Crippen LogP contribution is 2.35. The molecule has 1 aliphatic rings. The standard InChI is InChI=1S/C16H9Cl2N3O/c17-9-4-5-10-11(16(22)19-12(10)7-9)8-13-15(18)20-14-3-1-2-6-21(13)14/h1-8H,(H,19,22)/b11-8+. The lowest BCUT2D eigenvalue weighted by Gasteiger charge is -2.00.